The van der Waals surface area contributed by atoms with Gasteiger partial charge < -0.3 is 15.0 Å². The third-order valence-corrected chi connectivity index (χ3v) is 4.47. The van der Waals surface area contributed by atoms with Crippen LogP contribution in [-0.2, 0) is 4.79 Å². The molecule has 0 atom stereocenters. The van der Waals surface area contributed by atoms with Gasteiger partial charge in [0.1, 0.15) is 5.75 Å². The maximum absolute atomic E-state index is 12.4. The number of carbonyl (C=O) groups is 2. The summed E-state index contributed by atoms with van der Waals surface area (Å²) in [5.41, 5.74) is 1.80. The molecule has 1 fully saturated rings. The molecule has 136 valence electrons. The van der Waals surface area contributed by atoms with E-state index in [4.69, 9.17) is 4.74 Å². The van der Waals surface area contributed by atoms with Crippen molar-refractivity contribution in [3.63, 3.8) is 0 Å². The molecule has 1 N–H and O–H groups in total. The van der Waals surface area contributed by atoms with Gasteiger partial charge in [0.25, 0.3) is 11.8 Å². The number of piperidine rings is 1. The number of aromatic nitrogens is 1. The minimum absolute atomic E-state index is 0.000773. The van der Waals surface area contributed by atoms with Gasteiger partial charge in [-0.05, 0) is 44.0 Å². The summed E-state index contributed by atoms with van der Waals surface area (Å²) in [7, 11) is 0. The third-order valence-electron chi connectivity index (χ3n) is 4.47. The Balaban J connectivity index is 1.41. The van der Waals surface area contributed by atoms with Crippen LogP contribution in [0.1, 0.15) is 28.8 Å². The number of benzene rings is 1. The van der Waals surface area contributed by atoms with Gasteiger partial charge in [-0.3, -0.25) is 14.6 Å². The number of amides is 2. The monoisotopic (exact) mass is 353 g/mol. The van der Waals surface area contributed by atoms with Crippen molar-refractivity contribution in [1.82, 2.24) is 15.2 Å². The zero-order chi connectivity index (χ0) is 18.4. The second kappa shape index (κ2) is 8.47. The molecule has 0 aliphatic carbocycles. The van der Waals surface area contributed by atoms with E-state index in [2.05, 4.69) is 10.3 Å². The van der Waals surface area contributed by atoms with Crippen molar-refractivity contribution in [2.75, 3.05) is 19.7 Å². The largest absolute Gasteiger partial charge is 0.484 e. The number of pyridine rings is 1. The van der Waals surface area contributed by atoms with Crippen LogP contribution in [0.5, 0.6) is 5.75 Å². The minimum Gasteiger partial charge on any atom is -0.484 e. The maximum atomic E-state index is 12.4. The number of hydrogen-bond donors (Lipinski definition) is 1. The number of nitrogens with one attached hydrogen (secondary N) is 1. The van der Waals surface area contributed by atoms with Crippen molar-refractivity contribution < 1.29 is 14.3 Å². The van der Waals surface area contributed by atoms with Gasteiger partial charge in [-0.25, -0.2) is 0 Å². The number of carbonyl (C=O) groups excluding carboxylic acids is 2. The van der Waals surface area contributed by atoms with Gasteiger partial charge >= 0.3 is 0 Å². The minimum atomic E-state index is -0.135. The summed E-state index contributed by atoms with van der Waals surface area (Å²) < 4.78 is 5.50. The molecule has 0 spiro atoms. The van der Waals surface area contributed by atoms with E-state index in [1.54, 1.807) is 24.5 Å². The summed E-state index contributed by atoms with van der Waals surface area (Å²) in [6, 6.07) is 11.1. The van der Waals surface area contributed by atoms with Crippen molar-refractivity contribution in [2.24, 2.45) is 0 Å². The van der Waals surface area contributed by atoms with E-state index >= 15 is 0 Å². The molecule has 2 aromatic rings. The number of aryl methyl sites for hydroxylation is 1. The lowest BCUT2D eigenvalue weighted by molar-refractivity contribution is -0.124. The van der Waals surface area contributed by atoms with Crippen LogP contribution in [0.3, 0.4) is 0 Å². The molecule has 1 aromatic carbocycles. The van der Waals surface area contributed by atoms with Gasteiger partial charge in [0.05, 0.1) is 0 Å². The first kappa shape index (κ1) is 17.9. The van der Waals surface area contributed by atoms with Gasteiger partial charge in [0, 0.05) is 37.1 Å². The van der Waals surface area contributed by atoms with Crippen molar-refractivity contribution in [3.8, 4) is 5.75 Å². The second-order valence-corrected chi connectivity index (χ2v) is 6.47. The number of nitrogens with zero attached hydrogens (tertiary/aromatic N) is 2. The average Bonchev–Trinajstić information content (AvgIpc) is 2.68. The molecular weight excluding hydrogens is 330 g/mol. The lowest BCUT2D eigenvalue weighted by atomic mass is 10.0. The quantitative estimate of drug-likeness (QED) is 0.894. The number of likely N-dealkylation sites (tertiary alicyclic amines) is 1. The molecule has 2 amide bonds. The van der Waals surface area contributed by atoms with E-state index in [1.165, 1.54) is 0 Å². The zero-order valence-corrected chi connectivity index (χ0v) is 14.9. The highest BCUT2D eigenvalue weighted by atomic mass is 16.5. The summed E-state index contributed by atoms with van der Waals surface area (Å²) in [6.07, 6.45) is 4.72. The Hall–Kier alpha value is -2.89. The fourth-order valence-corrected chi connectivity index (χ4v) is 2.96. The molecule has 1 saturated heterocycles. The standard InChI is InChI=1S/C20H23N3O3/c1-15-2-4-18(5-3-15)26-14-19(24)22-17-8-12-23(13-9-17)20(25)16-6-10-21-11-7-16/h2-7,10-11,17H,8-9,12-14H2,1H3,(H,22,24). The second-order valence-electron chi connectivity index (χ2n) is 6.47. The molecule has 6 heteroatoms. The fraction of sp³-hybridized carbons (Fsp3) is 0.350. The summed E-state index contributed by atoms with van der Waals surface area (Å²) in [6.45, 7) is 3.26. The van der Waals surface area contributed by atoms with Crippen molar-refractivity contribution in [3.05, 3.63) is 59.9 Å². The number of rotatable bonds is 5. The van der Waals surface area contributed by atoms with Crippen LogP contribution in [-0.4, -0.2) is 47.4 Å². The summed E-state index contributed by atoms with van der Waals surface area (Å²) >= 11 is 0. The van der Waals surface area contributed by atoms with Crippen LogP contribution >= 0.6 is 0 Å². The fourth-order valence-electron chi connectivity index (χ4n) is 2.96. The first-order valence-electron chi connectivity index (χ1n) is 8.80. The normalized spacial score (nSPS) is 14.7. The summed E-state index contributed by atoms with van der Waals surface area (Å²) in [4.78, 5) is 30.2. The summed E-state index contributed by atoms with van der Waals surface area (Å²) in [5, 5.41) is 2.99. The third kappa shape index (κ3) is 4.81. The summed E-state index contributed by atoms with van der Waals surface area (Å²) in [5.74, 6) is 0.563. The zero-order valence-electron chi connectivity index (χ0n) is 14.9. The van der Waals surface area contributed by atoms with E-state index in [0.29, 0.717) is 24.4 Å². The molecule has 1 aromatic heterocycles. The molecule has 0 saturated carbocycles. The maximum Gasteiger partial charge on any atom is 0.258 e. The molecule has 1 aliphatic heterocycles. The molecule has 0 bridgehead atoms. The lowest BCUT2D eigenvalue weighted by Gasteiger charge is -2.32. The van der Waals surface area contributed by atoms with Gasteiger partial charge in [-0.15, -0.1) is 0 Å². The lowest BCUT2D eigenvalue weighted by Crippen LogP contribution is -2.47. The molecule has 0 radical (unpaired) electrons. The van der Waals surface area contributed by atoms with E-state index in [-0.39, 0.29) is 24.5 Å². The van der Waals surface area contributed by atoms with Crippen LogP contribution in [0, 0.1) is 6.92 Å². The SMILES string of the molecule is Cc1ccc(OCC(=O)NC2CCN(C(=O)c3ccncc3)CC2)cc1. The molecule has 0 unspecified atom stereocenters. The van der Waals surface area contributed by atoms with Crippen LogP contribution in [0.2, 0.25) is 0 Å². The molecular formula is C20H23N3O3. The smallest absolute Gasteiger partial charge is 0.258 e. The van der Waals surface area contributed by atoms with E-state index in [1.807, 2.05) is 36.1 Å². The Kier molecular flexibility index (Phi) is 5.84. The Morgan fingerprint density at radius 3 is 2.42 bits per heavy atom. The Labute approximate surface area is 153 Å². The average molecular weight is 353 g/mol. The highest BCUT2D eigenvalue weighted by Crippen LogP contribution is 2.14. The predicted molar refractivity (Wildman–Crippen MR) is 98.0 cm³/mol. The van der Waals surface area contributed by atoms with Crippen molar-refractivity contribution in [1.29, 1.82) is 0 Å². The highest BCUT2D eigenvalue weighted by molar-refractivity contribution is 5.94. The van der Waals surface area contributed by atoms with E-state index in [0.717, 1.165) is 18.4 Å². The van der Waals surface area contributed by atoms with Gasteiger partial charge in [0.15, 0.2) is 6.61 Å². The highest BCUT2D eigenvalue weighted by Gasteiger charge is 2.24. The Morgan fingerprint density at radius 1 is 1.12 bits per heavy atom. The predicted octanol–water partition coefficient (Wildman–Crippen LogP) is 2.19. The molecule has 3 rings (SSSR count). The molecule has 6 nitrogen and oxygen atoms in total. The Morgan fingerprint density at radius 2 is 1.77 bits per heavy atom. The van der Waals surface area contributed by atoms with Gasteiger partial charge in [0.2, 0.25) is 0 Å². The number of ether oxygens (including phenoxy) is 1. The van der Waals surface area contributed by atoms with Crippen molar-refractivity contribution in [2.45, 2.75) is 25.8 Å². The molecule has 1 aliphatic rings. The van der Waals surface area contributed by atoms with E-state index in [9.17, 15) is 9.59 Å². The van der Waals surface area contributed by atoms with Crippen molar-refractivity contribution >= 4 is 11.8 Å². The first-order chi connectivity index (χ1) is 12.6. The first-order valence-corrected chi connectivity index (χ1v) is 8.80. The molecule has 26 heavy (non-hydrogen) atoms. The topological polar surface area (TPSA) is 71.5 Å². The number of hydrogen-bond acceptors (Lipinski definition) is 4. The van der Waals surface area contributed by atoms with Crippen LogP contribution < -0.4 is 10.1 Å². The van der Waals surface area contributed by atoms with Gasteiger partial charge in [-0.2, -0.15) is 0 Å². The van der Waals surface area contributed by atoms with Crippen LogP contribution in [0.25, 0.3) is 0 Å². The van der Waals surface area contributed by atoms with E-state index < -0.39 is 0 Å². The van der Waals surface area contributed by atoms with Crippen LogP contribution in [0.4, 0.5) is 0 Å². The molecule has 2 heterocycles. The Bertz CT molecular complexity index is 739. The van der Waals surface area contributed by atoms with Crippen LogP contribution in [0.15, 0.2) is 48.8 Å². The van der Waals surface area contributed by atoms with Gasteiger partial charge in [-0.1, -0.05) is 17.7 Å².